The van der Waals surface area contributed by atoms with E-state index >= 15 is 0 Å². The molecule has 11 nitrogen and oxygen atoms in total. The summed E-state index contributed by atoms with van der Waals surface area (Å²) >= 11 is 0. The third-order valence-electron chi connectivity index (χ3n) is 5.97. The Hall–Kier alpha value is -3.89. The topological polar surface area (TPSA) is 120 Å². The molecule has 1 aliphatic heterocycles. The van der Waals surface area contributed by atoms with Crippen LogP contribution in [0.1, 0.15) is 12.8 Å². The highest BCUT2D eigenvalue weighted by Crippen LogP contribution is 2.27. The third kappa shape index (κ3) is 3.26. The van der Waals surface area contributed by atoms with E-state index in [0.717, 1.165) is 35.1 Å². The molecule has 4 aromatic rings. The smallest absolute Gasteiger partial charge is 0.332 e. The molecule has 4 heterocycles. The van der Waals surface area contributed by atoms with Crippen LogP contribution < -0.4 is 21.5 Å². The van der Waals surface area contributed by atoms with Gasteiger partial charge in [0.15, 0.2) is 16.7 Å². The zero-order chi connectivity index (χ0) is 22.4. The molecule has 1 aliphatic rings. The van der Waals surface area contributed by atoms with E-state index in [-0.39, 0.29) is 29.7 Å². The van der Waals surface area contributed by atoms with Gasteiger partial charge in [0.2, 0.25) is 5.91 Å². The minimum Gasteiger partial charge on any atom is -0.423 e. The predicted octanol–water partition coefficient (Wildman–Crippen LogP) is 0.360. The van der Waals surface area contributed by atoms with Gasteiger partial charge in [-0.15, -0.1) is 0 Å². The normalized spacial score (nSPS) is 16.3. The van der Waals surface area contributed by atoms with Gasteiger partial charge >= 0.3 is 5.69 Å². The summed E-state index contributed by atoms with van der Waals surface area (Å²) in [7, 11) is 2.95. The second kappa shape index (κ2) is 7.66. The van der Waals surface area contributed by atoms with E-state index in [9.17, 15) is 14.4 Å². The summed E-state index contributed by atoms with van der Waals surface area (Å²) in [6.07, 6.45) is 3.30. The van der Waals surface area contributed by atoms with Crippen LogP contribution in [-0.4, -0.2) is 48.7 Å². The molecule has 1 amide bonds. The molecular formula is C21H23N7O4. The molecule has 32 heavy (non-hydrogen) atoms. The average molecular weight is 437 g/mol. The molecule has 1 N–H and O–H groups in total. The molecule has 0 bridgehead atoms. The van der Waals surface area contributed by atoms with Crippen LogP contribution in [0.5, 0.6) is 0 Å². The number of aromatic nitrogens is 5. The summed E-state index contributed by atoms with van der Waals surface area (Å²) in [4.78, 5) is 48.1. The number of hydrogen-bond donors (Lipinski definition) is 1. The number of carbonyl (C=O) groups excluding carboxylic acids is 1. The lowest BCUT2D eigenvalue weighted by molar-refractivity contribution is -0.121. The van der Waals surface area contributed by atoms with Crippen LogP contribution in [0.2, 0.25) is 0 Å². The van der Waals surface area contributed by atoms with Crippen molar-refractivity contribution in [2.45, 2.75) is 25.4 Å². The van der Waals surface area contributed by atoms with E-state index in [2.05, 4.69) is 20.2 Å². The monoisotopic (exact) mass is 437 g/mol. The maximum absolute atomic E-state index is 12.6. The highest BCUT2D eigenvalue weighted by molar-refractivity contribution is 5.79. The molecule has 1 aromatic carbocycles. The summed E-state index contributed by atoms with van der Waals surface area (Å²) in [5, 5.41) is 2.95. The third-order valence-corrected chi connectivity index (χ3v) is 5.97. The van der Waals surface area contributed by atoms with E-state index in [1.807, 2.05) is 24.3 Å². The number of nitrogens with one attached hydrogen (secondary N) is 1. The van der Waals surface area contributed by atoms with Gasteiger partial charge in [0.05, 0.1) is 12.4 Å². The van der Waals surface area contributed by atoms with Gasteiger partial charge in [-0.05, 0) is 25.0 Å². The van der Waals surface area contributed by atoms with Crippen molar-refractivity contribution >= 4 is 34.2 Å². The van der Waals surface area contributed by atoms with Crippen molar-refractivity contribution < 1.29 is 9.21 Å². The first-order chi connectivity index (χ1) is 15.4. The van der Waals surface area contributed by atoms with Crippen molar-refractivity contribution in [1.82, 2.24) is 29.0 Å². The van der Waals surface area contributed by atoms with Crippen LogP contribution in [0.3, 0.4) is 0 Å². The van der Waals surface area contributed by atoms with Crippen molar-refractivity contribution in [2.75, 3.05) is 18.0 Å². The number of carbonyl (C=O) groups is 1. The second-order valence-corrected chi connectivity index (χ2v) is 8.01. The number of fused-ring (bicyclic) bond motifs is 2. The lowest BCUT2D eigenvalue weighted by Gasteiger charge is -2.23. The van der Waals surface area contributed by atoms with Crippen LogP contribution in [-0.2, 0) is 25.4 Å². The second-order valence-electron chi connectivity index (χ2n) is 8.01. The average Bonchev–Trinajstić information content (AvgIpc) is 3.52. The highest BCUT2D eigenvalue weighted by Gasteiger charge is 2.28. The standard InChI is InChI=1S/C21H23N7O4/c1-25-18-17(19(30)26(2)21(25)31)27(12-23-18)11-16(29)22-10-13-6-5-9-28(13)20-24-14-7-3-4-8-15(14)32-20/h3-4,7-8,12-13H,5-6,9-11H2,1-2H3,(H,22,29). The Kier molecular flexibility index (Phi) is 4.80. The number of para-hydroxylation sites is 2. The Morgan fingerprint density at radius 1 is 1.22 bits per heavy atom. The van der Waals surface area contributed by atoms with Crippen molar-refractivity contribution in [1.29, 1.82) is 0 Å². The first-order valence-electron chi connectivity index (χ1n) is 10.4. The first-order valence-corrected chi connectivity index (χ1v) is 10.4. The Labute approximate surface area is 181 Å². The summed E-state index contributed by atoms with van der Waals surface area (Å²) in [5.74, 6) is -0.246. The van der Waals surface area contributed by atoms with Crippen molar-refractivity contribution in [3.63, 3.8) is 0 Å². The van der Waals surface area contributed by atoms with Gasteiger partial charge in [-0.1, -0.05) is 12.1 Å². The van der Waals surface area contributed by atoms with E-state index in [1.165, 1.54) is 22.5 Å². The van der Waals surface area contributed by atoms with Gasteiger partial charge in [0.1, 0.15) is 12.1 Å². The van der Waals surface area contributed by atoms with Crippen LogP contribution in [0.15, 0.2) is 44.6 Å². The SMILES string of the molecule is Cn1c(=O)c2c(ncn2CC(=O)NCC2CCCN2c2nc3ccccc3o2)n(C)c1=O. The summed E-state index contributed by atoms with van der Waals surface area (Å²) in [5.41, 5.74) is 1.08. The number of imidazole rings is 1. The van der Waals surface area contributed by atoms with Gasteiger partial charge in [-0.3, -0.25) is 18.7 Å². The number of aryl methyl sites for hydroxylation is 1. The Balaban J connectivity index is 1.30. The van der Waals surface area contributed by atoms with E-state index in [0.29, 0.717) is 12.6 Å². The molecule has 3 aromatic heterocycles. The molecule has 0 aliphatic carbocycles. The van der Waals surface area contributed by atoms with E-state index in [4.69, 9.17) is 4.42 Å². The van der Waals surface area contributed by atoms with Gasteiger partial charge < -0.3 is 19.2 Å². The van der Waals surface area contributed by atoms with Gasteiger partial charge in [-0.2, -0.15) is 4.98 Å². The first kappa shape index (κ1) is 20.0. The Morgan fingerprint density at radius 3 is 2.84 bits per heavy atom. The van der Waals surface area contributed by atoms with Crippen molar-refractivity contribution in [3.05, 3.63) is 51.4 Å². The molecule has 0 radical (unpaired) electrons. The number of nitrogens with zero attached hydrogens (tertiary/aromatic N) is 6. The largest absolute Gasteiger partial charge is 0.423 e. The lowest BCUT2D eigenvalue weighted by Crippen LogP contribution is -2.41. The molecular weight excluding hydrogens is 414 g/mol. The summed E-state index contributed by atoms with van der Waals surface area (Å²) in [6, 6.07) is 8.25. The number of anilines is 1. The highest BCUT2D eigenvalue weighted by atomic mass is 16.4. The number of amides is 1. The minimum atomic E-state index is -0.480. The molecule has 1 fully saturated rings. The zero-order valence-corrected chi connectivity index (χ0v) is 17.8. The van der Waals surface area contributed by atoms with Gasteiger partial charge in [0, 0.05) is 27.2 Å². The molecule has 1 atom stereocenters. The fraction of sp³-hybridized carbons (Fsp3) is 0.381. The van der Waals surface area contributed by atoms with Crippen molar-refractivity contribution in [3.8, 4) is 0 Å². The predicted molar refractivity (Wildman–Crippen MR) is 118 cm³/mol. The molecule has 166 valence electrons. The zero-order valence-electron chi connectivity index (χ0n) is 17.8. The number of oxazole rings is 1. The van der Waals surface area contributed by atoms with Gasteiger partial charge in [-0.25, -0.2) is 9.78 Å². The molecule has 1 saturated heterocycles. The Bertz CT molecular complexity index is 1410. The number of hydrogen-bond acceptors (Lipinski definition) is 7. The lowest BCUT2D eigenvalue weighted by atomic mass is 10.2. The maximum atomic E-state index is 12.6. The summed E-state index contributed by atoms with van der Waals surface area (Å²) in [6.45, 7) is 1.17. The number of benzene rings is 1. The fourth-order valence-electron chi connectivity index (χ4n) is 4.24. The molecule has 1 unspecified atom stereocenters. The van der Waals surface area contributed by atoms with E-state index in [1.54, 1.807) is 7.05 Å². The van der Waals surface area contributed by atoms with Crippen LogP contribution in [0.25, 0.3) is 22.3 Å². The van der Waals surface area contributed by atoms with Gasteiger partial charge in [0.25, 0.3) is 11.6 Å². The van der Waals surface area contributed by atoms with Crippen LogP contribution in [0.4, 0.5) is 6.01 Å². The maximum Gasteiger partial charge on any atom is 0.332 e. The molecule has 11 heteroatoms. The Morgan fingerprint density at radius 2 is 2.03 bits per heavy atom. The fourth-order valence-corrected chi connectivity index (χ4v) is 4.24. The van der Waals surface area contributed by atoms with Crippen LogP contribution in [0, 0.1) is 0 Å². The quantitative estimate of drug-likeness (QED) is 0.479. The van der Waals surface area contributed by atoms with Crippen LogP contribution >= 0.6 is 0 Å². The number of rotatable bonds is 5. The van der Waals surface area contributed by atoms with E-state index < -0.39 is 11.2 Å². The minimum absolute atomic E-state index is 0.0697. The molecule has 0 spiro atoms. The molecule has 0 saturated carbocycles. The van der Waals surface area contributed by atoms with Crippen molar-refractivity contribution in [2.24, 2.45) is 14.1 Å². The summed E-state index contributed by atoms with van der Waals surface area (Å²) < 4.78 is 9.67. The molecule has 5 rings (SSSR count).